The summed E-state index contributed by atoms with van der Waals surface area (Å²) in [5.74, 6) is -47.6. The molecule has 0 radical (unpaired) electrons. The van der Waals surface area contributed by atoms with Gasteiger partial charge >= 0.3 is 41.7 Å². The van der Waals surface area contributed by atoms with Crippen molar-refractivity contribution in [3.63, 3.8) is 0 Å². The summed E-state index contributed by atoms with van der Waals surface area (Å²) in [4.78, 5) is 0. The molecule has 0 fully saturated rings. The summed E-state index contributed by atoms with van der Waals surface area (Å²) >= 11 is 0. The molecule has 1 N–H and O–H groups in total. The van der Waals surface area contributed by atoms with E-state index in [4.69, 9.17) is 5.11 Å². The molecule has 0 saturated heterocycles. The molecule has 17 heteroatoms. The highest BCUT2D eigenvalue weighted by Gasteiger charge is 2.93. The van der Waals surface area contributed by atoms with E-state index in [2.05, 4.69) is 0 Å². The lowest BCUT2D eigenvalue weighted by molar-refractivity contribution is -0.453. The van der Waals surface area contributed by atoms with Crippen molar-refractivity contribution < 1.29 is 75.4 Å². The van der Waals surface area contributed by atoms with Gasteiger partial charge in [-0.25, -0.2) is 4.39 Å². The fourth-order valence-electron chi connectivity index (χ4n) is 1.34. The van der Waals surface area contributed by atoms with E-state index in [9.17, 15) is 70.2 Å². The Labute approximate surface area is 131 Å². The first-order chi connectivity index (χ1) is 10.9. The van der Waals surface area contributed by atoms with Crippen molar-refractivity contribution in [1.29, 1.82) is 0 Å². The highest BCUT2D eigenvalue weighted by atomic mass is 19.4. The standard InChI is InChI=1S/C9H4F16O/c10-2(26)1-3(11,12)4(13,14)5(15,16)6(17,18)7(19,20)8(21,22)9(23,24)25/h2,26H,1H2. The summed E-state index contributed by atoms with van der Waals surface area (Å²) in [5.41, 5.74) is 0. The summed E-state index contributed by atoms with van der Waals surface area (Å²) in [6, 6.07) is 0. The van der Waals surface area contributed by atoms with Crippen LogP contribution in [0.15, 0.2) is 0 Å². The Kier molecular flexibility index (Phi) is 5.91. The van der Waals surface area contributed by atoms with Crippen LogP contribution < -0.4 is 0 Å². The van der Waals surface area contributed by atoms with Crippen molar-refractivity contribution in [3.8, 4) is 0 Å². The summed E-state index contributed by atoms with van der Waals surface area (Å²) in [5, 5.41) is 7.79. The van der Waals surface area contributed by atoms with Crippen molar-refractivity contribution in [2.75, 3.05) is 0 Å². The van der Waals surface area contributed by atoms with Crippen molar-refractivity contribution in [2.24, 2.45) is 0 Å². The molecule has 158 valence electrons. The van der Waals surface area contributed by atoms with Gasteiger partial charge in [-0.15, -0.1) is 0 Å². The van der Waals surface area contributed by atoms with E-state index in [1.165, 1.54) is 0 Å². The van der Waals surface area contributed by atoms with Gasteiger partial charge in [0.25, 0.3) is 0 Å². The molecular weight excluding hydrogens is 428 g/mol. The Morgan fingerprint density at radius 2 is 0.769 bits per heavy atom. The summed E-state index contributed by atoms with van der Waals surface area (Å²) in [7, 11) is 0. The minimum absolute atomic E-state index is 3.40. The van der Waals surface area contributed by atoms with Crippen LogP contribution in [0.1, 0.15) is 6.42 Å². The average Bonchev–Trinajstić information content (AvgIpc) is 2.34. The number of hydrogen-bond acceptors (Lipinski definition) is 1. The van der Waals surface area contributed by atoms with Gasteiger partial charge < -0.3 is 5.11 Å². The minimum Gasteiger partial charge on any atom is -0.364 e. The van der Waals surface area contributed by atoms with Gasteiger partial charge in [0.05, 0.1) is 6.42 Å². The fourth-order valence-corrected chi connectivity index (χ4v) is 1.34. The lowest BCUT2D eigenvalue weighted by Gasteiger charge is -2.41. The topological polar surface area (TPSA) is 20.2 Å². The van der Waals surface area contributed by atoms with Gasteiger partial charge in [0.1, 0.15) is 0 Å². The number of aliphatic hydroxyl groups excluding tert-OH is 1. The zero-order chi connectivity index (χ0) is 21.8. The molecule has 0 aliphatic rings. The van der Waals surface area contributed by atoms with Crippen LogP contribution in [0.3, 0.4) is 0 Å². The Morgan fingerprint density at radius 1 is 0.500 bits per heavy atom. The predicted molar refractivity (Wildman–Crippen MR) is 47.5 cm³/mol. The molecule has 1 unspecified atom stereocenters. The van der Waals surface area contributed by atoms with Crippen LogP contribution in [0.4, 0.5) is 70.2 Å². The number of alkyl halides is 16. The van der Waals surface area contributed by atoms with Crippen molar-refractivity contribution in [3.05, 3.63) is 0 Å². The second-order valence-electron chi connectivity index (χ2n) is 4.71. The van der Waals surface area contributed by atoms with Crippen LogP contribution in [-0.2, 0) is 0 Å². The van der Waals surface area contributed by atoms with E-state index in [0.29, 0.717) is 0 Å². The number of hydrogen-bond donors (Lipinski definition) is 1. The highest BCUT2D eigenvalue weighted by molar-refractivity contribution is 5.13. The van der Waals surface area contributed by atoms with Gasteiger partial charge in [0.15, 0.2) is 0 Å². The van der Waals surface area contributed by atoms with Gasteiger partial charge in [0.2, 0.25) is 6.36 Å². The molecule has 0 spiro atoms. The molecule has 0 aromatic rings. The quantitative estimate of drug-likeness (QED) is 0.560. The van der Waals surface area contributed by atoms with Crippen molar-refractivity contribution >= 4 is 0 Å². The minimum atomic E-state index is -8.41. The Balaban J connectivity index is 6.42. The van der Waals surface area contributed by atoms with Gasteiger partial charge in [-0.3, -0.25) is 0 Å². The lowest BCUT2D eigenvalue weighted by atomic mass is 9.90. The van der Waals surface area contributed by atoms with Gasteiger partial charge in [-0.1, -0.05) is 0 Å². The van der Waals surface area contributed by atoms with E-state index in [0.717, 1.165) is 0 Å². The molecule has 0 heterocycles. The maximum atomic E-state index is 13.0. The van der Waals surface area contributed by atoms with Crippen molar-refractivity contribution in [2.45, 2.75) is 54.5 Å². The smallest absolute Gasteiger partial charge is 0.364 e. The molecule has 1 nitrogen and oxygen atoms in total. The SMILES string of the molecule is OC(F)CC(F)(F)C(F)(F)C(F)(F)C(F)(F)C(F)(F)C(F)(F)C(F)(F)F. The normalized spacial score (nSPS) is 17.4. The molecule has 26 heavy (non-hydrogen) atoms. The summed E-state index contributed by atoms with van der Waals surface area (Å²) in [6.45, 7) is 0. The third-order valence-electron chi connectivity index (χ3n) is 2.82. The van der Waals surface area contributed by atoms with Crippen LogP contribution in [0.25, 0.3) is 0 Å². The second-order valence-corrected chi connectivity index (χ2v) is 4.71. The number of halogens is 16. The molecule has 0 rings (SSSR count). The molecule has 1 atom stereocenters. The Morgan fingerprint density at radius 3 is 1.04 bits per heavy atom. The van der Waals surface area contributed by atoms with Gasteiger partial charge in [-0.05, 0) is 0 Å². The van der Waals surface area contributed by atoms with E-state index in [1.54, 1.807) is 0 Å². The average molecular weight is 432 g/mol. The molecule has 0 saturated carbocycles. The fraction of sp³-hybridized carbons (Fsp3) is 1.00. The lowest BCUT2D eigenvalue weighted by Crippen LogP contribution is -2.72. The van der Waals surface area contributed by atoms with Crippen LogP contribution in [0.5, 0.6) is 0 Å². The molecule has 0 aromatic carbocycles. The first-order valence-electron chi connectivity index (χ1n) is 5.57. The molecule has 0 aliphatic heterocycles. The largest absolute Gasteiger partial charge is 0.460 e. The molecule has 0 aliphatic carbocycles. The number of aliphatic hydroxyl groups is 1. The van der Waals surface area contributed by atoms with Gasteiger partial charge in [0, 0.05) is 0 Å². The van der Waals surface area contributed by atoms with E-state index in [1.807, 2.05) is 0 Å². The molecule has 0 amide bonds. The van der Waals surface area contributed by atoms with E-state index < -0.39 is 54.5 Å². The van der Waals surface area contributed by atoms with Crippen LogP contribution >= 0.6 is 0 Å². The van der Waals surface area contributed by atoms with Gasteiger partial charge in [-0.2, -0.15) is 65.9 Å². The Bertz CT molecular complexity index is 502. The highest BCUT2D eigenvalue weighted by Crippen LogP contribution is 2.62. The monoisotopic (exact) mass is 432 g/mol. The summed E-state index contributed by atoms with van der Waals surface area (Å²) in [6.07, 6.45) is -15.2. The third-order valence-corrected chi connectivity index (χ3v) is 2.82. The zero-order valence-corrected chi connectivity index (χ0v) is 11.3. The van der Waals surface area contributed by atoms with Crippen LogP contribution in [0.2, 0.25) is 0 Å². The van der Waals surface area contributed by atoms with Crippen molar-refractivity contribution in [1.82, 2.24) is 0 Å². The zero-order valence-electron chi connectivity index (χ0n) is 11.3. The van der Waals surface area contributed by atoms with Crippen LogP contribution in [-0.4, -0.2) is 53.2 Å². The Hall–Kier alpha value is -1.16. The number of rotatable bonds is 7. The molecule has 0 aromatic heterocycles. The second kappa shape index (κ2) is 6.19. The molecule has 0 bridgehead atoms. The van der Waals surface area contributed by atoms with E-state index >= 15 is 0 Å². The van der Waals surface area contributed by atoms with Crippen LogP contribution in [0, 0.1) is 0 Å². The first kappa shape index (κ1) is 24.8. The van der Waals surface area contributed by atoms with E-state index in [-0.39, 0.29) is 0 Å². The third kappa shape index (κ3) is 3.26. The summed E-state index contributed by atoms with van der Waals surface area (Å²) < 4.78 is 201. The molecular formula is C9H4F16O. The predicted octanol–water partition coefficient (Wildman–Crippen LogP) is 5.04. The first-order valence-corrected chi connectivity index (χ1v) is 5.57. The maximum Gasteiger partial charge on any atom is 0.460 e. The maximum absolute atomic E-state index is 13.0.